The van der Waals surface area contributed by atoms with Gasteiger partial charge in [-0.1, -0.05) is 24.4 Å². The number of fused-ring (bicyclic) bond motifs is 1. The van der Waals surface area contributed by atoms with E-state index in [9.17, 15) is 8.76 Å². The largest absolute Gasteiger partial charge is 0.760 e. The van der Waals surface area contributed by atoms with E-state index in [2.05, 4.69) is 54.7 Å². The Kier molecular flexibility index (Phi) is 7.80. The monoisotopic (exact) mass is 478 g/mol. The molecule has 2 aromatic rings. The highest BCUT2D eigenvalue weighted by Gasteiger charge is 2.26. The van der Waals surface area contributed by atoms with Gasteiger partial charge in [-0.05, 0) is 42.5 Å². The molecule has 2 heterocycles. The van der Waals surface area contributed by atoms with E-state index in [1.54, 1.807) is 6.20 Å². The molecule has 1 unspecified atom stereocenters. The van der Waals surface area contributed by atoms with Gasteiger partial charge in [0, 0.05) is 61.9 Å². The van der Waals surface area contributed by atoms with Gasteiger partial charge in [0.15, 0.2) is 5.82 Å². The average molecular weight is 479 g/mol. The summed E-state index contributed by atoms with van der Waals surface area (Å²) in [7, 11) is 2.10. The molecule has 9 nitrogen and oxygen atoms in total. The molecule has 11 heteroatoms. The molecule has 1 saturated carbocycles. The smallest absolute Gasteiger partial charge is 0.229 e. The Labute approximate surface area is 196 Å². The van der Waals surface area contributed by atoms with Gasteiger partial charge in [-0.2, -0.15) is 4.98 Å². The van der Waals surface area contributed by atoms with Crippen molar-refractivity contribution in [2.24, 2.45) is 5.92 Å². The second-order valence-electron chi connectivity index (χ2n) is 8.34. The van der Waals surface area contributed by atoms with Gasteiger partial charge < -0.3 is 25.4 Å². The molecule has 1 aromatic carbocycles. The molecular weight excluding hydrogens is 450 g/mol. The zero-order valence-electron chi connectivity index (χ0n) is 18.1. The number of likely N-dealkylation sites (N-methyl/N-ethyl adjacent to an activating group) is 1. The summed E-state index contributed by atoms with van der Waals surface area (Å²) in [4.78, 5) is 11.2. The third-order valence-electron chi connectivity index (χ3n) is 6.12. The first-order valence-corrected chi connectivity index (χ1v) is 12.4. The van der Waals surface area contributed by atoms with Crippen molar-refractivity contribution >= 4 is 46.0 Å². The molecule has 1 aliphatic heterocycles. The van der Waals surface area contributed by atoms with E-state index in [-0.39, 0.29) is 12.0 Å². The number of hydrogen-bond acceptors (Lipinski definition) is 8. The summed E-state index contributed by atoms with van der Waals surface area (Å²) < 4.78 is 24.3. The summed E-state index contributed by atoms with van der Waals surface area (Å²) in [6, 6.07) is 6.34. The molecule has 2 aliphatic rings. The van der Waals surface area contributed by atoms with Crippen LogP contribution in [0, 0.1) is 5.92 Å². The molecule has 1 aromatic heterocycles. The summed E-state index contributed by atoms with van der Waals surface area (Å²) in [6.45, 7) is 3.14. The van der Waals surface area contributed by atoms with Crippen LogP contribution in [-0.4, -0.2) is 51.5 Å². The standard InChI is InChI=1S/C21H30ClN7O2S/c1-29-9-8-23-11-15-10-16(6-7-19(15)29)26-21-24-13-17(22)20(28-21)27-18-5-3-2-4-14(18)12-25-32(30)31/h6-7,10,13-14,18,23,25H,2-5,8-9,11-12H2,1H3,(H,30,31)(H2,24,26,27,28)/p-1/t14-,18-/m1/s1. The first kappa shape index (κ1) is 23.2. The highest BCUT2D eigenvalue weighted by molar-refractivity contribution is 7.77. The normalized spacial score (nSPS) is 22.0. The summed E-state index contributed by atoms with van der Waals surface area (Å²) in [6.07, 6.45) is 5.64. The van der Waals surface area contributed by atoms with Crippen molar-refractivity contribution in [2.75, 3.05) is 42.2 Å². The Morgan fingerprint density at radius 3 is 3.03 bits per heavy atom. The fourth-order valence-electron chi connectivity index (χ4n) is 4.42. The Hall–Kier alpha value is -1.98. The van der Waals surface area contributed by atoms with Gasteiger partial charge in [0.25, 0.3) is 0 Å². The van der Waals surface area contributed by atoms with E-state index in [4.69, 9.17) is 11.6 Å². The predicted octanol–water partition coefficient (Wildman–Crippen LogP) is 2.77. The van der Waals surface area contributed by atoms with E-state index in [0.717, 1.165) is 51.0 Å². The van der Waals surface area contributed by atoms with Crippen LogP contribution in [0.4, 0.5) is 23.1 Å². The van der Waals surface area contributed by atoms with E-state index in [1.807, 2.05) is 6.07 Å². The van der Waals surface area contributed by atoms with Crippen LogP contribution in [0.1, 0.15) is 31.2 Å². The quantitative estimate of drug-likeness (QED) is 0.449. The van der Waals surface area contributed by atoms with E-state index in [1.165, 1.54) is 11.3 Å². The zero-order valence-corrected chi connectivity index (χ0v) is 19.6. The number of rotatable bonds is 7. The SMILES string of the molecule is CN1CCNCc2cc(Nc3ncc(Cl)c(N[C@@H]4CCCC[C@@H]4CNS(=O)[O-])n3)ccc21. The molecule has 1 fully saturated rings. The molecule has 0 bridgehead atoms. The van der Waals surface area contributed by atoms with Gasteiger partial charge >= 0.3 is 0 Å². The lowest BCUT2D eigenvalue weighted by Gasteiger charge is -2.33. The number of aromatic nitrogens is 2. The molecular formula is C21H29ClN7O2S-. The number of benzene rings is 1. The van der Waals surface area contributed by atoms with Crippen molar-refractivity contribution in [2.45, 2.75) is 38.3 Å². The number of halogens is 1. The van der Waals surface area contributed by atoms with Crippen LogP contribution < -0.4 is 25.6 Å². The Bertz CT molecular complexity index is 964. The van der Waals surface area contributed by atoms with Gasteiger partial charge in [-0.3, -0.25) is 4.21 Å². The van der Waals surface area contributed by atoms with Crippen LogP contribution in [0.5, 0.6) is 0 Å². The molecule has 174 valence electrons. The maximum absolute atomic E-state index is 10.9. The summed E-state index contributed by atoms with van der Waals surface area (Å²) >= 11 is 4.12. The van der Waals surface area contributed by atoms with E-state index in [0.29, 0.717) is 23.3 Å². The van der Waals surface area contributed by atoms with Crippen molar-refractivity contribution < 1.29 is 8.76 Å². The van der Waals surface area contributed by atoms with E-state index >= 15 is 0 Å². The molecule has 0 saturated heterocycles. The minimum Gasteiger partial charge on any atom is -0.760 e. The highest BCUT2D eigenvalue weighted by atomic mass is 35.5. The molecule has 1 aliphatic carbocycles. The lowest BCUT2D eigenvalue weighted by atomic mass is 9.84. The van der Waals surface area contributed by atoms with Crippen molar-refractivity contribution in [3.05, 3.63) is 35.0 Å². The lowest BCUT2D eigenvalue weighted by molar-refractivity contribution is 0.323. The Morgan fingerprint density at radius 1 is 1.34 bits per heavy atom. The summed E-state index contributed by atoms with van der Waals surface area (Å²) in [5.74, 6) is 1.19. The molecule has 0 radical (unpaired) electrons. The predicted molar refractivity (Wildman–Crippen MR) is 128 cm³/mol. The number of nitrogens with zero attached hydrogens (tertiary/aromatic N) is 3. The maximum atomic E-state index is 10.9. The average Bonchev–Trinajstić information content (AvgIpc) is 2.96. The van der Waals surface area contributed by atoms with Crippen LogP contribution in [0.15, 0.2) is 24.4 Å². The third-order valence-corrected chi connectivity index (χ3v) is 6.80. The zero-order chi connectivity index (χ0) is 22.5. The van der Waals surface area contributed by atoms with E-state index < -0.39 is 11.3 Å². The van der Waals surface area contributed by atoms with Crippen molar-refractivity contribution in [1.29, 1.82) is 0 Å². The molecule has 32 heavy (non-hydrogen) atoms. The first-order valence-electron chi connectivity index (χ1n) is 10.9. The van der Waals surface area contributed by atoms with Crippen LogP contribution in [-0.2, 0) is 17.8 Å². The topological polar surface area (TPSA) is 117 Å². The first-order chi connectivity index (χ1) is 15.5. The van der Waals surface area contributed by atoms with Gasteiger partial charge in [0.2, 0.25) is 5.95 Å². The van der Waals surface area contributed by atoms with Gasteiger partial charge in [0.05, 0.1) is 6.20 Å². The third kappa shape index (κ3) is 5.87. The Balaban J connectivity index is 1.48. The minimum absolute atomic E-state index is 0.0918. The minimum atomic E-state index is -2.26. The summed E-state index contributed by atoms with van der Waals surface area (Å²) in [5, 5.41) is 10.6. The fourth-order valence-corrected chi connectivity index (χ4v) is 4.91. The second-order valence-corrected chi connectivity index (χ2v) is 9.50. The fraction of sp³-hybridized carbons (Fsp3) is 0.524. The molecule has 3 atom stereocenters. The van der Waals surface area contributed by atoms with Crippen molar-refractivity contribution in [3.8, 4) is 0 Å². The van der Waals surface area contributed by atoms with Crippen molar-refractivity contribution in [1.82, 2.24) is 20.0 Å². The van der Waals surface area contributed by atoms with Crippen LogP contribution in [0.2, 0.25) is 5.02 Å². The van der Waals surface area contributed by atoms with Gasteiger partial charge in [-0.25, -0.2) is 9.71 Å². The molecule has 4 rings (SSSR count). The number of nitrogens with one attached hydrogen (secondary N) is 4. The van der Waals surface area contributed by atoms with Crippen LogP contribution in [0.3, 0.4) is 0 Å². The van der Waals surface area contributed by atoms with Gasteiger partial charge in [0.1, 0.15) is 5.02 Å². The van der Waals surface area contributed by atoms with Gasteiger partial charge in [-0.15, -0.1) is 0 Å². The number of anilines is 4. The Morgan fingerprint density at radius 2 is 2.19 bits per heavy atom. The van der Waals surface area contributed by atoms with Crippen LogP contribution in [0.25, 0.3) is 0 Å². The molecule has 0 amide bonds. The summed E-state index contributed by atoms with van der Waals surface area (Å²) in [5.41, 5.74) is 3.35. The van der Waals surface area contributed by atoms with Crippen LogP contribution >= 0.6 is 11.6 Å². The molecule has 4 N–H and O–H groups in total. The number of hydrogen-bond donors (Lipinski definition) is 4. The second kappa shape index (κ2) is 10.8. The maximum Gasteiger partial charge on any atom is 0.229 e. The van der Waals surface area contributed by atoms with Crippen molar-refractivity contribution in [3.63, 3.8) is 0 Å². The lowest BCUT2D eigenvalue weighted by Crippen LogP contribution is -2.39. The molecule has 0 spiro atoms. The highest BCUT2D eigenvalue weighted by Crippen LogP contribution is 2.30.